The Bertz CT molecular complexity index is 354. The second-order valence-electron chi connectivity index (χ2n) is 5.01. The molecule has 0 unspecified atom stereocenters. The highest BCUT2D eigenvalue weighted by molar-refractivity contribution is 5.44. The quantitative estimate of drug-likeness (QED) is 0.766. The van der Waals surface area contributed by atoms with Crippen LogP contribution in [0.15, 0.2) is 6.07 Å². The molecule has 1 fully saturated rings. The van der Waals surface area contributed by atoms with Crippen molar-refractivity contribution in [2.45, 2.75) is 44.9 Å². The third-order valence-corrected chi connectivity index (χ3v) is 3.42. The fourth-order valence-corrected chi connectivity index (χ4v) is 2.54. The van der Waals surface area contributed by atoms with E-state index in [1.54, 1.807) is 0 Å². The number of aryl methyl sites for hydroxylation is 1. The second-order valence-corrected chi connectivity index (χ2v) is 5.01. The Morgan fingerprint density at radius 2 is 1.81 bits per heavy atom. The second kappa shape index (κ2) is 4.81. The van der Waals surface area contributed by atoms with Crippen molar-refractivity contribution in [3.63, 3.8) is 0 Å². The first-order valence-electron chi connectivity index (χ1n) is 6.20. The van der Waals surface area contributed by atoms with Gasteiger partial charge in [-0.25, -0.2) is 0 Å². The van der Waals surface area contributed by atoms with Crippen molar-refractivity contribution in [1.29, 1.82) is 0 Å². The van der Waals surface area contributed by atoms with Crippen molar-refractivity contribution < 1.29 is 0 Å². The predicted molar refractivity (Wildman–Crippen MR) is 66.9 cm³/mol. The van der Waals surface area contributed by atoms with Crippen LogP contribution in [0.25, 0.3) is 0 Å². The van der Waals surface area contributed by atoms with Crippen LogP contribution < -0.4 is 4.90 Å². The predicted octanol–water partition coefficient (Wildman–Crippen LogP) is 2.90. The first-order valence-corrected chi connectivity index (χ1v) is 6.20. The Morgan fingerprint density at radius 3 is 2.38 bits per heavy atom. The van der Waals surface area contributed by atoms with Gasteiger partial charge in [0.2, 0.25) is 0 Å². The van der Waals surface area contributed by atoms with E-state index in [0.29, 0.717) is 5.92 Å². The lowest BCUT2D eigenvalue weighted by Gasteiger charge is -2.22. The van der Waals surface area contributed by atoms with E-state index in [2.05, 4.69) is 23.2 Å². The molecule has 0 saturated heterocycles. The van der Waals surface area contributed by atoms with Crippen LogP contribution >= 0.6 is 0 Å². The monoisotopic (exact) mass is 219 g/mol. The third-order valence-electron chi connectivity index (χ3n) is 3.42. The summed E-state index contributed by atoms with van der Waals surface area (Å²) in [6.45, 7) is 2.12. The molecule has 1 aliphatic carbocycles. The van der Waals surface area contributed by atoms with Crippen LogP contribution in [0.2, 0.25) is 0 Å². The minimum absolute atomic E-state index is 0.649. The van der Waals surface area contributed by atoms with Gasteiger partial charge in [-0.15, -0.1) is 5.10 Å². The number of aromatic nitrogens is 2. The molecule has 1 aliphatic rings. The number of anilines is 1. The summed E-state index contributed by atoms with van der Waals surface area (Å²) < 4.78 is 0. The van der Waals surface area contributed by atoms with E-state index in [4.69, 9.17) is 0 Å². The van der Waals surface area contributed by atoms with E-state index in [0.717, 1.165) is 5.82 Å². The summed E-state index contributed by atoms with van der Waals surface area (Å²) in [5.41, 5.74) is 2.43. The molecule has 16 heavy (non-hydrogen) atoms. The molecule has 2 rings (SSSR count). The van der Waals surface area contributed by atoms with E-state index in [9.17, 15) is 0 Å². The van der Waals surface area contributed by atoms with Crippen LogP contribution in [0, 0.1) is 6.92 Å². The normalized spacial score (nSPS) is 17.4. The summed E-state index contributed by atoms with van der Waals surface area (Å²) >= 11 is 0. The van der Waals surface area contributed by atoms with Gasteiger partial charge in [0.05, 0.1) is 5.69 Å². The molecular formula is C13H21N3. The fraction of sp³-hybridized carbons (Fsp3) is 0.692. The largest absolute Gasteiger partial charge is 0.361 e. The van der Waals surface area contributed by atoms with E-state index >= 15 is 0 Å². The Morgan fingerprint density at radius 1 is 1.12 bits per heavy atom. The lowest BCUT2D eigenvalue weighted by Crippen LogP contribution is -2.15. The van der Waals surface area contributed by atoms with Crippen molar-refractivity contribution >= 4 is 5.82 Å². The lowest BCUT2D eigenvalue weighted by molar-refractivity contribution is 0.434. The van der Waals surface area contributed by atoms with Crippen molar-refractivity contribution in [3.8, 4) is 0 Å². The first kappa shape index (κ1) is 11.4. The zero-order valence-electron chi connectivity index (χ0n) is 10.5. The van der Waals surface area contributed by atoms with Crippen molar-refractivity contribution in [3.05, 3.63) is 17.3 Å². The maximum absolute atomic E-state index is 4.39. The highest BCUT2D eigenvalue weighted by atomic mass is 15.2. The zero-order valence-corrected chi connectivity index (χ0v) is 10.5. The Hall–Kier alpha value is -1.12. The highest BCUT2D eigenvalue weighted by Gasteiger charge is 2.18. The maximum Gasteiger partial charge on any atom is 0.153 e. The van der Waals surface area contributed by atoms with Gasteiger partial charge in [-0.2, -0.15) is 5.10 Å². The molecule has 1 aromatic rings. The van der Waals surface area contributed by atoms with Gasteiger partial charge in [0.25, 0.3) is 0 Å². The third kappa shape index (κ3) is 2.34. The van der Waals surface area contributed by atoms with Gasteiger partial charge >= 0.3 is 0 Å². The van der Waals surface area contributed by atoms with E-state index in [-0.39, 0.29) is 0 Å². The molecule has 0 atom stereocenters. The highest BCUT2D eigenvalue weighted by Crippen LogP contribution is 2.32. The number of hydrogen-bond donors (Lipinski definition) is 0. The molecule has 0 amide bonds. The first-order chi connectivity index (χ1) is 7.68. The Kier molecular flexibility index (Phi) is 3.42. The van der Waals surface area contributed by atoms with Crippen LogP contribution in [0.4, 0.5) is 5.82 Å². The summed E-state index contributed by atoms with van der Waals surface area (Å²) in [7, 11) is 4.02. The SMILES string of the molecule is Cc1cc(C2CCCCC2)nnc1N(C)C. The molecule has 0 aromatic carbocycles. The van der Waals surface area contributed by atoms with E-state index in [1.165, 1.54) is 43.4 Å². The Labute approximate surface area is 97.9 Å². The molecule has 0 spiro atoms. The van der Waals surface area contributed by atoms with Crippen LogP contribution in [0.1, 0.15) is 49.3 Å². The summed E-state index contributed by atoms with van der Waals surface area (Å²) in [6, 6.07) is 2.22. The minimum Gasteiger partial charge on any atom is -0.361 e. The van der Waals surface area contributed by atoms with Gasteiger partial charge in [0.15, 0.2) is 5.82 Å². The molecule has 0 aliphatic heterocycles. The molecule has 3 heteroatoms. The van der Waals surface area contributed by atoms with E-state index in [1.807, 2.05) is 19.0 Å². The summed E-state index contributed by atoms with van der Waals surface area (Å²) in [5.74, 6) is 1.63. The summed E-state index contributed by atoms with van der Waals surface area (Å²) in [5, 5.41) is 8.72. The van der Waals surface area contributed by atoms with Crippen LogP contribution in [0.3, 0.4) is 0 Å². The van der Waals surface area contributed by atoms with Crippen molar-refractivity contribution in [2.75, 3.05) is 19.0 Å². The maximum atomic E-state index is 4.39. The van der Waals surface area contributed by atoms with Crippen molar-refractivity contribution in [1.82, 2.24) is 10.2 Å². The molecule has 0 bridgehead atoms. The average molecular weight is 219 g/mol. The molecule has 0 N–H and O–H groups in total. The summed E-state index contributed by atoms with van der Waals surface area (Å²) in [6.07, 6.45) is 6.66. The Balaban J connectivity index is 2.19. The standard InChI is InChI=1S/C13H21N3/c1-10-9-12(11-7-5-4-6-8-11)14-15-13(10)16(2)3/h9,11H,4-8H2,1-3H3. The summed E-state index contributed by atoms with van der Waals surface area (Å²) in [4.78, 5) is 2.02. The molecule has 3 nitrogen and oxygen atoms in total. The lowest BCUT2D eigenvalue weighted by atomic mass is 9.86. The van der Waals surface area contributed by atoms with Gasteiger partial charge in [-0.05, 0) is 31.4 Å². The zero-order chi connectivity index (χ0) is 11.5. The molecular weight excluding hydrogens is 198 g/mol. The number of rotatable bonds is 2. The number of nitrogens with zero attached hydrogens (tertiary/aromatic N) is 3. The fourth-order valence-electron chi connectivity index (χ4n) is 2.54. The van der Waals surface area contributed by atoms with Gasteiger partial charge in [0, 0.05) is 20.0 Å². The van der Waals surface area contributed by atoms with Crippen LogP contribution in [0.5, 0.6) is 0 Å². The molecule has 1 aromatic heterocycles. The topological polar surface area (TPSA) is 29.0 Å². The molecule has 0 radical (unpaired) electrons. The minimum atomic E-state index is 0.649. The number of hydrogen-bond acceptors (Lipinski definition) is 3. The van der Waals surface area contributed by atoms with Gasteiger partial charge in [-0.1, -0.05) is 19.3 Å². The van der Waals surface area contributed by atoms with Gasteiger partial charge < -0.3 is 4.90 Å². The van der Waals surface area contributed by atoms with Gasteiger partial charge in [-0.3, -0.25) is 0 Å². The molecule has 88 valence electrons. The van der Waals surface area contributed by atoms with Crippen molar-refractivity contribution in [2.24, 2.45) is 0 Å². The smallest absolute Gasteiger partial charge is 0.153 e. The van der Waals surface area contributed by atoms with Crippen LogP contribution in [-0.2, 0) is 0 Å². The van der Waals surface area contributed by atoms with Crippen LogP contribution in [-0.4, -0.2) is 24.3 Å². The molecule has 1 saturated carbocycles. The van der Waals surface area contributed by atoms with E-state index < -0.39 is 0 Å². The molecule has 1 heterocycles. The van der Waals surface area contributed by atoms with Gasteiger partial charge in [0.1, 0.15) is 0 Å². The average Bonchev–Trinajstić information content (AvgIpc) is 2.29.